The molecule has 0 radical (unpaired) electrons. The SMILES string of the molecule is CCOC(=O)C1CCN(C(=O)c2ccc3c(c2)CCN3)CC1.Cl. The minimum Gasteiger partial charge on any atom is -0.466 e. The van der Waals surface area contributed by atoms with Crippen LogP contribution in [0.2, 0.25) is 0 Å². The highest BCUT2D eigenvalue weighted by Gasteiger charge is 2.28. The smallest absolute Gasteiger partial charge is 0.309 e. The number of anilines is 1. The van der Waals surface area contributed by atoms with E-state index in [2.05, 4.69) is 5.32 Å². The van der Waals surface area contributed by atoms with Crippen LogP contribution in [0, 0.1) is 5.92 Å². The molecule has 6 heteroatoms. The molecule has 3 rings (SSSR count). The summed E-state index contributed by atoms with van der Waals surface area (Å²) in [6.07, 6.45) is 2.36. The number of fused-ring (bicyclic) bond motifs is 1. The highest BCUT2D eigenvalue weighted by molar-refractivity contribution is 5.95. The van der Waals surface area contributed by atoms with Gasteiger partial charge in [-0.15, -0.1) is 12.4 Å². The Morgan fingerprint density at radius 1 is 1.30 bits per heavy atom. The van der Waals surface area contributed by atoms with Gasteiger partial charge in [0.15, 0.2) is 0 Å². The minimum atomic E-state index is -0.127. The molecule has 1 amide bonds. The van der Waals surface area contributed by atoms with Crippen molar-refractivity contribution in [2.75, 3.05) is 31.6 Å². The number of ether oxygens (including phenoxy) is 1. The van der Waals surface area contributed by atoms with Gasteiger partial charge in [-0.1, -0.05) is 0 Å². The number of esters is 1. The molecule has 1 fully saturated rings. The second kappa shape index (κ2) is 7.68. The van der Waals surface area contributed by atoms with E-state index in [9.17, 15) is 9.59 Å². The molecule has 23 heavy (non-hydrogen) atoms. The number of halogens is 1. The third-order valence-corrected chi connectivity index (χ3v) is 4.46. The Hall–Kier alpha value is -1.75. The van der Waals surface area contributed by atoms with E-state index >= 15 is 0 Å². The van der Waals surface area contributed by atoms with Crippen LogP contribution in [0.5, 0.6) is 0 Å². The molecule has 0 aliphatic carbocycles. The molecule has 1 saturated heterocycles. The molecule has 0 aromatic heterocycles. The maximum absolute atomic E-state index is 12.6. The van der Waals surface area contributed by atoms with Gasteiger partial charge in [0.05, 0.1) is 12.5 Å². The maximum Gasteiger partial charge on any atom is 0.309 e. The Labute approximate surface area is 142 Å². The predicted molar refractivity (Wildman–Crippen MR) is 91.1 cm³/mol. The molecule has 1 N–H and O–H groups in total. The van der Waals surface area contributed by atoms with Crippen molar-refractivity contribution in [3.63, 3.8) is 0 Å². The minimum absolute atomic E-state index is 0. The van der Waals surface area contributed by atoms with Crippen LogP contribution in [-0.4, -0.2) is 43.0 Å². The first-order chi connectivity index (χ1) is 10.7. The van der Waals surface area contributed by atoms with Crippen molar-refractivity contribution in [1.29, 1.82) is 0 Å². The van der Waals surface area contributed by atoms with Crippen LogP contribution in [0.4, 0.5) is 5.69 Å². The van der Waals surface area contributed by atoms with E-state index in [0.29, 0.717) is 32.5 Å². The van der Waals surface area contributed by atoms with Crippen LogP contribution >= 0.6 is 12.4 Å². The molecule has 5 nitrogen and oxygen atoms in total. The van der Waals surface area contributed by atoms with Gasteiger partial charge in [0.25, 0.3) is 5.91 Å². The van der Waals surface area contributed by atoms with Crippen LogP contribution in [0.25, 0.3) is 0 Å². The third kappa shape index (κ3) is 3.78. The Kier molecular flexibility index (Phi) is 5.88. The number of nitrogens with one attached hydrogen (secondary N) is 1. The van der Waals surface area contributed by atoms with Crippen LogP contribution in [0.15, 0.2) is 18.2 Å². The fraction of sp³-hybridized carbons (Fsp3) is 0.529. The van der Waals surface area contributed by atoms with E-state index in [-0.39, 0.29) is 30.2 Å². The molecular formula is C17H23ClN2O3. The van der Waals surface area contributed by atoms with E-state index < -0.39 is 0 Å². The van der Waals surface area contributed by atoms with Crippen molar-refractivity contribution in [1.82, 2.24) is 4.90 Å². The van der Waals surface area contributed by atoms with Crippen molar-refractivity contribution in [3.05, 3.63) is 29.3 Å². The van der Waals surface area contributed by atoms with Crippen LogP contribution < -0.4 is 5.32 Å². The number of benzene rings is 1. The van der Waals surface area contributed by atoms with E-state index in [4.69, 9.17) is 4.74 Å². The first-order valence-corrected chi connectivity index (χ1v) is 8.01. The summed E-state index contributed by atoms with van der Waals surface area (Å²) in [4.78, 5) is 26.2. The molecule has 126 valence electrons. The van der Waals surface area contributed by atoms with E-state index in [1.54, 1.807) is 0 Å². The van der Waals surface area contributed by atoms with Crippen molar-refractivity contribution in [2.45, 2.75) is 26.2 Å². The average molecular weight is 339 g/mol. The first-order valence-electron chi connectivity index (χ1n) is 8.01. The van der Waals surface area contributed by atoms with Crippen LogP contribution in [0.1, 0.15) is 35.7 Å². The fourth-order valence-electron chi connectivity index (χ4n) is 3.20. The van der Waals surface area contributed by atoms with Crippen molar-refractivity contribution < 1.29 is 14.3 Å². The Balaban J connectivity index is 0.00000192. The summed E-state index contributed by atoms with van der Waals surface area (Å²) in [5.74, 6) is -0.122. The third-order valence-electron chi connectivity index (χ3n) is 4.46. The number of piperidine rings is 1. The lowest BCUT2D eigenvalue weighted by Gasteiger charge is -2.31. The van der Waals surface area contributed by atoms with Gasteiger partial charge in [-0.05, 0) is 49.9 Å². The summed E-state index contributed by atoms with van der Waals surface area (Å²) in [7, 11) is 0. The Morgan fingerprint density at radius 2 is 2.04 bits per heavy atom. The van der Waals surface area contributed by atoms with Crippen molar-refractivity contribution in [2.24, 2.45) is 5.92 Å². The summed E-state index contributed by atoms with van der Waals surface area (Å²) in [5.41, 5.74) is 3.10. The van der Waals surface area contributed by atoms with Crippen molar-refractivity contribution in [3.8, 4) is 0 Å². The number of carbonyl (C=O) groups is 2. The Bertz CT molecular complexity index is 583. The molecule has 0 bridgehead atoms. The molecule has 0 spiro atoms. The van der Waals surface area contributed by atoms with Gasteiger partial charge in [0.1, 0.15) is 0 Å². The predicted octanol–water partition coefficient (Wildman–Crippen LogP) is 2.49. The highest BCUT2D eigenvalue weighted by Crippen LogP contribution is 2.25. The Morgan fingerprint density at radius 3 is 2.74 bits per heavy atom. The average Bonchev–Trinajstić information content (AvgIpc) is 3.02. The topological polar surface area (TPSA) is 58.6 Å². The molecule has 1 aromatic carbocycles. The van der Waals surface area contributed by atoms with Gasteiger partial charge in [0, 0.05) is 30.9 Å². The monoisotopic (exact) mass is 338 g/mol. The molecule has 0 atom stereocenters. The number of nitrogens with zero attached hydrogens (tertiary/aromatic N) is 1. The molecule has 1 aromatic rings. The van der Waals surface area contributed by atoms with Gasteiger partial charge in [-0.25, -0.2) is 0 Å². The number of rotatable bonds is 3. The molecule has 2 aliphatic heterocycles. The van der Waals surface area contributed by atoms with Gasteiger partial charge in [0.2, 0.25) is 0 Å². The molecule has 0 unspecified atom stereocenters. The molecule has 2 aliphatic rings. The lowest BCUT2D eigenvalue weighted by atomic mass is 9.96. The fourth-order valence-corrected chi connectivity index (χ4v) is 3.20. The number of carbonyl (C=O) groups excluding carboxylic acids is 2. The summed E-state index contributed by atoms with van der Waals surface area (Å²) >= 11 is 0. The van der Waals surface area contributed by atoms with Gasteiger partial charge >= 0.3 is 5.97 Å². The summed E-state index contributed by atoms with van der Waals surface area (Å²) < 4.78 is 5.06. The zero-order valence-electron chi connectivity index (χ0n) is 13.3. The highest BCUT2D eigenvalue weighted by atomic mass is 35.5. The summed E-state index contributed by atoms with van der Waals surface area (Å²) in [6.45, 7) is 4.42. The second-order valence-electron chi connectivity index (χ2n) is 5.87. The van der Waals surface area contributed by atoms with Crippen LogP contribution in [0.3, 0.4) is 0 Å². The van der Waals surface area contributed by atoms with E-state index in [1.165, 1.54) is 5.56 Å². The van der Waals surface area contributed by atoms with E-state index in [0.717, 1.165) is 24.2 Å². The number of amides is 1. The quantitative estimate of drug-likeness (QED) is 0.860. The largest absolute Gasteiger partial charge is 0.466 e. The normalized spacial score (nSPS) is 17.0. The van der Waals surface area contributed by atoms with Gasteiger partial charge < -0.3 is 15.0 Å². The number of likely N-dealkylation sites (tertiary alicyclic amines) is 1. The summed E-state index contributed by atoms with van der Waals surface area (Å²) in [6, 6.07) is 5.87. The zero-order valence-corrected chi connectivity index (χ0v) is 14.2. The number of hydrogen-bond donors (Lipinski definition) is 1. The lowest BCUT2D eigenvalue weighted by Crippen LogP contribution is -2.40. The van der Waals surface area contributed by atoms with Crippen molar-refractivity contribution >= 4 is 30.0 Å². The van der Waals surface area contributed by atoms with Crippen LogP contribution in [-0.2, 0) is 16.0 Å². The maximum atomic E-state index is 12.6. The van der Waals surface area contributed by atoms with Gasteiger partial charge in [-0.2, -0.15) is 0 Å². The number of hydrogen-bond acceptors (Lipinski definition) is 4. The van der Waals surface area contributed by atoms with E-state index in [1.807, 2.05) is 30.0 Å². The molecular weight excluding hydrogens is 316 g/mol. The molecule has 0 saturated carbocycles. The molecule has 2 heterocycles. The zero-order chi connectivity index (χ0) is 15.5. The standard InChI is InChI=1S/C17H22N2O3.ClH/c1-2-22-17(21)12-6-9-19(10-7-12)16(20)14-3-4-15-13(11-14)5-8-18-15;/h3-4,11-12,18H,2,5-10H2,1H3;1H. The second-order valence-corrected chi connectivity index (χ2v) is 5.87. The van der Waals surface area contributed by atoms with Gasteiger partial charge in [-0.3, -0.25) is 9.59 Å². The first kappa shape index (κ1) is 17.6. The lowest BCUT2D eigenvalue weighted by molar-refractivity contribution is -0.149. The summed E-state index contributed by atoms with van der Waals surface area (Å²) in [5, 5.41) is 3.30.